The molecule has 0 radical (unpaired) electrons. The zero-order chi connectivity index (χ0) is 20.9. The van der Waals surface area contributed by atoms with Crippen molar-refractivity contribution in [3.63, 3.8) is 0 Å². The van der Waals surface area contributed by atoms with Crippen LogP contribution in [0.2, 0.25) is 0 Å². The molecule has 0 aliphatic carbocycles. The lowest BCUT2D eigenvalue weighted by Gasteiger charge is -2.34. The largest absolute Gasteiger partial charge is 0.337 e. The van der Waals surface area contributed by atoms with E-state index in [4.69, 9.17) is 0 Å². The number of anilines is 1. The molecular formula is C20H21N4O5+. The zero-order valence-corrected chi connectivity index (χ0v) is 16.1. The number of hydrogen-bond donors (Lipinski definition) is 1. The van der Waals surface area contributed by atoms with Gasteiger partial charge in [-0.05, 0) is 24.6 Å². The molecule has 1 N–H and O–H groups in total. The number of piperidine rings is 1. The molecule has 2 heterocycles. The van der Waals surface area contributed by atoms with E-state index in [1.807, 2.05) is 19.1 Å². The molecule has 0 spiro atoms. The average molecular weight is 397 g/mol. The summed E-state index contributed by atoms with van der Waals surface area (Å²) < 4.78 is 0. The quantitative estimate of drug-likeness (QED) is 0.628. The van der Waals surface area contributed by atoms with Gasteiger partial charge in [-0.1, -0.05) is 17.7 Å². The normalized spacial score (nSPS) is 22.7. The van der Waals surface area contributed by atoms with Crippen LogP contribution >= 0.6 is 0 Å². The maximum absolute atomic E-state index is 13.5. The lowest BCUT2D eigenvalue weighted by Crippen LogP contribution is -3.11. The predicted octanol–water partition coefficient (Wildman–Crippen LogP) is 1.84. The fourth-order valence-electron chi connectivity index (χ4n) is 4.56. The van der Waals surface area contributed by atoms with E-state index >= 15 is 0 Å². The van der Waals surface area contributed by atoms with Gasteiger partial charge in [0.05, 0.1) is 48.0 Å². The van der Waals surface area contributed by atoms with E-state index in [-0.39, 0.29) is 17.5 Å². The van der Waals surface area contributed by atoms with Gasteiger partial charge >= 0.3 is 0 Å². The van der Waals surface area contributed by atoms with Crippen molar-refractivity contribution in [2.45, 2.75) is 25.3 Å². The first-order chi connectivity index (χ1) is 13.8. The number of nitrogens with one attached hydrogen (secondary N) is 1. The summed E-state index contributed by atoms with van der Waals surface area (Å²) in [6.07, 6.45) is 0.788. The maximum Gasteiger partial charge on any atom is 0.289 e. The number of amides is 1. The molecule has 9 nitrogen and oxygen atoms in total. The number of non-ortho nitro benzene ring substituents is 1. The molecule has 4 rings (SSSR count). The zero-order valence-electron chi connectivity index (χ0n) is 16.1. The molecule has 0 bridgehead atoms. The summed E-state index contributed by atoms with van der Waals surface area (Å²) >= 11 is 0. The lowest BCUT2D eigenvalue weighted by atomic mass is 9.88. The van der Waals surface area contributed by atoms with Crippen LogP contribution in [0.1, 0.15) is 33.8 Å². The first-order valence-electron chi connectivity index (χ1n) is 9.46. The van der Waals surface area contributed by atoms with E-state index in [0.717, 1.165) is 48.5 Å². The van der Waals surface area contributed by atoms with Crippen LogP contribution in [-0.2, 0) is 0 Å². The smallest absolute Gasteiger partial charge is 0.289 e. The Labute approximate surface area is 166 Å². The number of carbonyl (C=O) groups excluding carboxylic acids is 1. The van der Waals surface area contributed by atoms with Crippen molar-refractivity contribution < 1.29 is 19.5 Å². The highest BCUT2D eigenvalue weighted by Crippen LogP contribution is 2.44. The van der Waals surface area contributed by atoms with Gasteiger partial charge in [0.2, 0.25) is 0 Å². The Bertz CT molecular complexity index is 1040. The Morgan fingerprint density at radius 2 is 1.90 bits per heavy atom. The average Bonchev–Trinajstić information content (AvgIpc) is 2.99. The van der Waals surface area contributed by atoms with Gasteiger partial charge in [-0.15, -0.1) is 0 Å². The Kier molecular flexibility index (Phi) is 4.54. The summed E-state index contributed by atoms with van der Waals surface area (Å²) in [6, 6.07) is 9.03. The van der Waals surface area contributed by atoms with Crippen LogP contribution in [0.3, 0.4) is 0 Å². The monoisotopic (exact) mass is 397 g/mol. The Morgan fingerprint density at radius 3 is 2.59 bits per heavy atom. The molecule has 29 heavy (non-hydrogen) atoms. The van der Waals surface area contributed by atoms with Crippen LogP contribution < -0.4 is 9.80 Å². The fourth-order valence-corrected chi connectivity index (χ4v) is 4.56. The molecule has 2 aliphatic rings. The first kappa shape index (κ1) is 19.0. The summed E-state index contributed by atoms with van der Waals surface area (Å²) in [7, 11) is 2.12. The number of hydrogen-bond acceptors (Lipinski definition) is 5. The van der Waals surface area contributed by atoms with Crippen molar-refractivity contribution in [2.24, 2.45) is 0 Å². The van der Waals surface area contributed by atoms with E-state index < -0.39 is 27.1 Å². The van der Waals surface area contributed by atoms with Crippen LogP contribution in [0.5, 0.6) is 0 Å². The Balaban J connectivity index is 1.81. The number of likely N-dealkylation sites (tertiary alicyclic amines) is 1. The molecule has 2 aliphatic heterocycles. The molecule has 1 fully saturated rings. The van der Waals surface area contributed by atoms with Gasteiger partial charge in [0, 0.05) is 18.2 Å². The third-order valence-corrected chi connectivity index (χ3v) is 5.91. The van der Waals surface area contributed by atoms with Gasteiger partial charge in [0.15, 0.2) is 0 Å². The van der Waals surface area contributed by atoms with Crippen molar-refractivity contribution in [3.05, 3.63) is 73.3 Å². The third-order valence-electron chi connectivity index (χ3n) is 5.91. The number of benzene rings is 2. The second kappa shape index (κ2) is 6.93. The Morgan fingerprint density at radius 1 is 1.14 bits per heavy atom. The van der Waals surface area contributed by atoms with Crippen LogP contribution in [0.4, 0.5) is 17.1 Å². The van der Waals surface area contributed by atoms with Crippen molar-refractivity contribution in [1.82, 2.24) is 0 Å². The van der Waals surface area contributed by atoms with E-state index in [1.54, 1.807) is 4.90 Å². The maximum atomic E-state index is 13.5. The molecule has 2 aromatic carbocycles. The molecule has 2 aromatic rings. The number of nitro benzene ring substituents is 2. The summed E-state index contributed by atoms with van der Waals surface area (Å²) in [4.78, 5) is 37.6. The minimum absolute atomic E-state index is 0.0715. The van der Waals surface area contributed by atoms with Gasteiger partial charge in [-0.2, -0.15) is 0 Å². The van der Waals surface area contributed by atoms with E-state index in [9.17, 15) is 25.0 Å². The van der Waals surface area contributed by atoms with E-state index in [1.165, 1.54) is 11.0 Å². The molecule has 150 valence electrons. The second-order valence-electron chi connectivity index (χ2n) is 7.83. The molecule has 3 atom stereocenters. The number of carbonyl (C=O) groups is 1. The van der Waals surface area contributed by atoms with Crippen LogP contribution in [0, 0.1) is 27.2 Å². The molecule has 1 amide bonds. The molecular weight excluding hydrogens is 376 g/mol. The summed E-state index contributed by atoms with van der Waals surface area (Å²) in [5.41, 5.74) is 1.89. The fraction of sp³-hybridized carbons (Fsp3) is 0.350. The lowest BCUT2D eigenvalue weighted by molar-refractivity contribution is -0.886. The van der Waals surface area contributed by atoms with Crippen molar-refractivity contribution >= 4 is 23.0 Å². The molecule has 0 aromatic heterocycles. The van der Waals surface area contributed by atoms with Gasteiger partial charge in [0.1, 0.15) is 5.56 Å². The minimum Gasteiger partial charge on any atom is -0.337 e. The van der Waals surface area contributed by atoms with Gasteiger partial charge in [-0.25, -0.2) is 0 Å². The van der Waals surface area contributed by atoms with Crippen LogP contribution in [-0.4, -0.2) is 41.9 Å². The molecule has 1 unspecified atom stereocenters. The number of aryl methyl sites for hydroxylation is 1. The first-order valence-corrected chi connectivity index (χ1v) is 9.46. The van der Waals surface area contributed by atoms with E-state index in [0.29, 0.717) is 0 Å². The van der Waals surface area contributed by atoms with Crippen molar-refractivity contribution in [2.75, 3.05) is 25.0 Å². The van der Waals surface area contributed by atoms with Crippen LogP contribution in [0.25, 0.3) is 0 Å². The third kappa shape index (κ3) is 3.13. The predicted molar refractivity (Wildman–Crippen MR) is 106 cm³/mol. The Hall–Kier alpha value is -3.33. The summed E-state index contributed by atoms with van der Waals surface area (Å²) in [5.74, 6) is -0.316. The summed E-state index contributed by atoms with van der Waals surface area (Å²) in [5, 5.41) is 22.6. The van der Waals surface area contributed by atoms with Gasteiger partial charge in [0.25, 0.3) is 17.3 Å². The van der Waals surface area contributed by atoms with Crippen molar-refractivity contribution in [1.29, 1.82) is 0 Å². The number of fused-ring (bicyclic) bond motifs is 3. The van der Waals surface area contributed by atoms with Crippen LogP contribution in [0.15, 0.2) is 36.4 Å². The highest BCUT2D eigenvalue weighted by atomic mass is 16.6. The number of nitrogens with zero attached hydrogens (tertiary/aromatic N) is 3. The SMILES string of the molecule is Cc1ccc2c(c1)[C@H]1C[NH+](C)CC[C@@H]1N2C(=O)c1ccc([N+](=O)[O-])cc1[N+](=O)[O-]. The van der Waals surface area contributed by atoms with Crippen molar-refractivity contribution in [3.8, 4) is 0 Å². The standard InChI is InChI=1S/C20H20N4O5/c1-12-3-6-17-15(9-12)16-11-21(2)8-7-18(16)22(17)20(25)14-5-4-13(23(26)27)10-19(14)24(28)29/h3-6,9-10,16,18H,7-8,11H2,1-2H3/p+1/t16-,18+/m1/s1. The molecule has 0 saturated carbocycles. The summed E-state index contributed by atoms with van der Waals surface area (Å²) in [6.45, 7) is 3.79. The van der Waals surface area contributed by atoms with Gasteiger partial charge < -0.3 is 9.80 Å². The number of likely N-dealkylation sites (N-methyl/N-ethyl adjacent to an activating group) is 1. The highest BCUT2D eigenvalue weighted by molar-refractivity contribution is 6.10. The van der Waals surface area contributed by atoms with Gasteiger partial charge in [-0.3, -0.25) is 25.0 Å². The number of rotatable bonds is 3. The number of nitro groups is 2. The van der Waals surface area contributed by atoms with E-state index in [2.05, 4.69) is 13.1 Å². The molecule has 9 heteroatoms. The second-order valence-corrected chi connectivity index (χ2v) is 7.83. The number of quaternary nitrogens is 1. The topological polar surface area (TPSA) is 111 Å². The minimum atomic E-state index is -0.733. The highest BCUT2D eigenvalue weighted by Gasteiger charge is 2.46. The molecule has 1 saturated heterocycles.